The number of sulfonamides is 1. The first-order chi connectivity index (χ1) is 8.90. The van der Waals surface area contributed by atoms with Gasteiger partial charge >= 0.3 is 0 Å². The topological polar surface area (TPSA) is 76.9 Å². The maximum atomic E-state index is 12.1. The number of aromatic nitrogens is 3. The van der Waals surface area contributed by atoms with E-state index in [9.17, 15) is 8.42 Å². The zero-order valence-electron chi connectivity index (χ0n) is 9.84. The highest BCUT2D eigenvalue weighted by atomic mass is 79.9. The second kappa shape index (κ2) is 5.58. The third-order valence-corrected chi connectivity index (χ3v) is 4.91. The van der Waals surface area contributed by atoms with Crippen molar-refractivity contribution in [3.63, 3.8) is 0 Å². The Balaban J connectivity index is 2.17. The Labute approximate surface area is 123 Å². The number of hydrogen-bond acceptors (Lipinski definition) is 4. The second-order valence-corrected chi connectivity index (χ2v) is 6.63. The predicted molar refractivity (Wildman–Crippen MR) is 74.2 cm³/mol. The quantitative estimate of drug-likeness (QED) is 0.895. The third-order valence-electron chi connectivity index (χ3n) is 2.37. The molecule has 0 atom stereocenters. The number of hydrogen-bond donors (Lipinski definition) is 1. The van der Waals surface area contributed by atoms with Crippen LogP contribution in [0.2, 0.25) is 5.02 Å². The lowest BCUT2D eigenvalue weighted by molar-refractivity contribution is 0.560. The summed E-state index contributed by atoms with van der Waals surface area (Å²) < 4.78 is 28.1. The van der Waals surface area contributed by atoms with Crippen molar-refractivity contribution >= 4 is 37.6 Å². The van der Waals surface area contributed by atoms with E-state index in [0.717, 1.165) is 5.56 Å². The molecule has 102 valence electrons. The van der Waals surface area contributed by atoms with Crippen LogP contribution in [0.5, 0.6) is 0 Å². The van der Waals surface area contributed by atoms with E-state index in [1.807, 2.05) is 0 Å². The lowest BCUT2D eigenvalue weighted by Gasteiger charge is -2.06. The van der Waals surface area contributed by atoms with E-state index >= 15 is 0 Å². The van der Waals surface area contributed by atoms with Gasteiger partial charge in [-0.2, -0.15) is 0 Å². The molecule has 0 amide bonds. The third kappa shape index (κ3) is 3.33. The highest BCUT2D eigenvalue weighted by Crippen LogP contribution is 2.18. The van der Waals surface area contributed by atoms with E-state index in [1.165, 1.54) is 11.7 Å². The largest absolute Gasteiger partial charge is 0.260 e. The summed E-state index contributed by atoms with van der Waals surface area (Å²) in [6, 6.07) is 6.91. The smallest absolute Gasteiger partial charge is 0.235 e. The molecule has 0 aliphatic carbocycles. The highest BCUT2D eigenvalue weighted by molar-refractivity contribution is 9.10. The molecule has 1 N–H and O–H groups in total. The first kappa shape index (κ1) is 14.4. The molecule has 19 heavy (non-hydrogen) atoms. The van der Waals surface area contributed by atoms with Crippen LogP contribution in [0.1, 0.15) is 5.56 Å². The Morgan fingerprint density at radius 3 is 2.53 bits per heavy atom. The van der Waals surface area contributed by atoms with Crippen molar-refractivity contribution < 1.29 is 8.42 Å². The molecule has 1 aromatic carbocycles. The van der Waals surface area contributed by atoms with Gasteiger partial charge in [0, 0.05) is 18.6 Å². The lowest BCUT2D eigenvalue weighted by atomic mass is 10.2. The molecule has 0 saturated heterocycles. The van der Waals surface area contributed by atoms with Crippen molar-refractivity contribution in [3.05, 3.63) is 39.5 Å². The molecule has 0 aliphatic heterocycles. The molecular weight excluding hydrogens is 356 g/mol. The average molecular weight is 366 g/mol. The van der Waals surface area contributed by atoms with Gasteiger partial charge in [-0.05, 0) is 33.6 Å². The van der Waals surface area contributed by atoms with Crippen molar-refractivity contribution in [3.8, 4) is 0 Å². The number of nitrogens with one attached hydrogen (secondary N) is 1. The molecule has 6 nitrogen and oxygen atoms in total. The summed E-state index contributed by atoms with van der Waals surface area (Å²) in [6.45, 7) is 0.164. The Hall–Kier alpha value is -0.960. The lowest BCUT2D eigenvalue weighted by Crippen LogP contribution is -2.25. The van der Waals surface area contributed by atoms with Crippen LogP contribution >= 0.6 is 27.5 Å². The van der Waals surface area contributed by atoms with E-state index in [1.54, 1.807) is 24.3 Å². The minimum Gasteiger partial charge on any atom is -0.235 e. The number of rotatable bonds is 4. The van der Waals surface area contributed by atoms with Gasteiger partial charge < -0.3 is 0 Å². The minimum atomic E-state index is -3.68. The molecule has 0 unspecified atom stereocenters. The minimum absolute atomic E-state index is 0.0125. The zero-order valence-corrected chi connectivity index (χ0v) is 13.0. The van der Waals surface area contributed by atoms with Gasteiger partial charge in [0.15, 0.2) is 4.60 Å². The number of benzene rings is 1. The van der Waals surface area contributed by atoms with Crippen molar-refractivity contribution in [2.75, 3.05) is 0 Å². The van der Waals surface area contributed by atoms with Crippen LogP contribution in [0.4, 0.5) is 0 Å². The van der Waals surface area contributed by atoms with E-state index in [4.69, 9.17) is 11.6 Å². The van der Waals surface area contributed by atoms with Crippen molar-refractivity contribution in [1.82, 2.24) is 19.7 Å². The van der Waals surface area contributed by atoms with E-state index in [-0.39, 0.29) is 16.2 Å². The molecule has 1 aromatic heterocycles. The fraction of sp³-hybridized carbons (Fsp3) is 0.200. The van der Waals surface area contributed by atoms with Crippen molar-refractivity contribution in [2.24, 2.45) is 7.05 Å². The van der Waals surface area contributed by atoms with Gasteiger partial charge in [0.25, 0.3) is 10.0 Å². The van der Waals surface area contributed by atoms with Crippen LogP contribution in [0.15, 0.2) is 33.9 Å². The Bertz CT molecular complexity index is 665. The van der Waals surface area contributed by atoms with E-state index in [2.05, 4.69) is 31.0 Å². The average Bonchev–Trinajstić information content (AvgIpc) is 2.69. The standard InChI is InChI=1S/C10H10BrClN4O2S/c1-16-10(9(11)14-15-16)19(17,18)13-6-7-2-4-8(12)5-3-7/h2-5,13H,6H2,1H3. The van der Waals surface area contributed by atoms with Crippen LogP contribution in [-0.4, -0.2) is 23.4 Å². The number of halogens is 2. The molecule has 2 rings (SSSR count). The fourth-order valence-corrected chi connectivity index (χ4v) is 3.69. The maximum absolute atomic E-state index is 12.1. The second-order valence-electron chi connectivity index (χ2n) is 3.76. The van der Waals surface area contributed by atoms with E-state index < -0.39 is 10.0 Å². The van der Waals surface area contributed by atoms with E-state index in [0.29, 0.717) is 5.02 Å². The molecule has 9 heteroatoms. The molecular formula is C10H10BrClN4O2S. The molecule has 0 saturated carbocycles. The summed E-state index contributed by atoms with van der Waals surface area (Å²) in [5, 5.41) is 7.86. The normalized spacial score (nSPS) is 11.7. The SMILES string of the molecule is Cn1nnc(Br)c1S(=O)(=O)NCc1ccc(Cl)cc1. The zero-order chi connectivity index (χ0) is 14.0. The van der Waals surface area contributed by atoms with Crippen LogP contribution in [0, 0.1) is 0 Å². The first-order valence-corrected chi connectivity index (χ1v) is 7.85. The highest BCUT2D eigenvalue weighted by Gasteiger charge is 2.23. The van der Waals surface area contributed by atoms with Gasteiger partial charge in [0.1, 0.15) is 0 Å². The molecule has 2 aromatic rings. The molecule has 0 spiro atoms. The Morgan fingerprint density at radius 2 is 2.00 bits per heavy atom. The first-order valence-electron chi connectivity index (χ1n) is 5.19. The summed E-state index contributed by atoms with van der Waals surface area (Å²) in [5.41, 5.74) is 0.805. The van der Waals surface area contributed by atoms with Crippen LogP contribution in [0.25, 0.3) is 0 Å². The molecule has 0 radical (unpaired) electrons. The van der Waals surface area contributed by atoms with Gasteiger partial charge in [0.05, 0.1) is 0 Å². The summed E-state index contributed by atoms with van der Waals surface area (Å²) >= 11 is 8.82. The van der Waals surface area contributed by atoms with Crippen LogP contribution < -0.4 is 4.72 Å². The summed E-state index contributed by atoms with van der Waals surface area (Å²) in [4.78, 5) is 0. The van der Waals surface area contributed by atoms with Gasteiger partial charge in [-0.3, -0.25) is 0 Å². The van der Waals surface area contributed by atoms with Crippen LogP contribution in [0.3, 0.4) is 0 Å². The van der Waals surface area contributed by atoms with Crippen molar-refractivity contribution in [2.45, 2.75) is 11.6 Å². The Kier molecular flexibility index (Phi) is 4.24. The number of nitrogens with zero attached hydrogens (tertiary/aromatic N) is 3. The van der Waals surface area contributed by atoms with Crippen molar-refractivity contribution in [1.29, 1.82) is 0 Å². The van der Waals surface area contributed by atoms with Gasteiger partial charge in [-0.1, -0.05) is 28.9 Å². The monoisotopic (exact) mass is 364 g/mol. The summed E-state index contributed by atoms with van der Waals surface area (Å²) in [6.07, 6.45) is 0. The maximum Gasteiger partial charge on any atom is 0.260 e. The number of aryl methyl sites for hydroxylation is 1. The van der Waals surface area contributed by atoms with Crippen LogP contribution in [-0.2, 0) is 23.6 Å². The fourth-order valence-electron chi connectivity index (χ4n) is 1.46. The van der Waals surface area contributed by atoms with Gasteiger partial charge in [-0.15, -0.1) is 5.10 Å². The van der Waals surface area contributed by atoms with Gasteiger partial charge in [-0.25, -0.2) is 17.8 Å². The molecule has 0 aliphatic rings. The molecule has 1 heterocycles. The molecule has 0 bridgehead atoms. The predicted octanol–water partition coefficient (Wildman–Crippen LogP) is 1.71. The summed E-state index contributed by atoms with van der Waals surface area (Å²) in [7, 11) is -2.17. The van der Waals surface area contributed by atoms with Gasteiger partial charge in [0.2, 0.25) is 5.03 Å². The molecule has 0 fully saturated rings. The Morgan fingerprint density at radius 1 is 1.37 bits per heavy atom. The summed E-state index contributed by atoms with van der Waals surface area (Å²) in [5.74, 6) is 0.